The molecule has 9 heteroatoms. The van der Waals surface area contributed by atoms with Crippen LogP contribution in [0.15, 0.2) is 36.4 Å². The first-order valence-electron chi connectivity index (χ1n) is 7.48. The summed E-state index contributed by atoms with van der Waals surface area (Å²) in [7, 11) is 0. The Morgan fingerprint density at radius 2 is 1.85 bits per heavy atom. The molecule has 8 nitrogen and oxygen atoms in total. The van der Waals surface area contributed by atoms with Crippen molar-refractivity contribution in [1.82, 2.24) is 4.90 Å². The number of nitro benzene ring substituents is 1. The molecule has 0 saturated carbocycles. The van der Waals surface area contributed by atoms with Crippen LogP contribution in [0, 0.1) is 17.0 Å². The summed E-state index contributed by atoms with van der Waals surface area (Å²) >= 11 is 5.86. The Hall–Kier alpha value is -3.26. The molecule has 132 valence electrons. The molecule has 0 bridgehead atoms. The number of non-ortho nitro benzene ring substituents is 1. The molecule has 0 radical (unpaired) electrons. The number of hydrogen-bond donors (Lipinski definition) is 1. The number of imide groups is 1. The van der Waals surface area contributed by atoms with Crippen LogP contribution in [0.2, 0.25) is 5.02 Å². The standard InChI is InChI=1S/C17H12ClN3O5/c1-9-6-10(18)2-5-14(9)19-15(22)8-20-16(23)12-4-3-11(21(25)26)7-13(12)17(20)24/h2-7H,8H2,1H3,(H,19,22). The predicted octanol–water partition coefficient (Wildman–Crippen LogP) is 2.79. The lowest BCUT2D eigenvalue weighted by Gasteiger charge is -2.14. The summed E-state index contributed by atoms with van der Waals surface area (Å²) in [6.45, 7) is 1.25. The largest absolute Gasteiger partial charge is 0.324 e. The van der Waals surface area contributed by atoms with E-state index in [4.69, 9.17) is 11.6 Å². The molecule has 2 aromatic rings. The summed E-state index contributed by atoms with van der Waals surface area (Å²) in [6.07, 6.45) is 0. The zero-order valence-electron chi connectivity index (χ0n) is 13.5. The Labute approximate surface area is 152 Å². The number of rotatable bonds is 4. The van der Waals surface area contributed by atoms with Gasteiger partial charge in [0.25, 0.3) is 17.5 Å². The van der Waals surface area contributed by atoms with E-state index in [9.17, 15) is 24.5 Å². The van der Waals surface area contributed by atoms with Gasteiger partial charge in [-0.3, -0.25) is 29.4 Å². The highest BCUT2D eigenvalue weighted by Crippen LogP contribution is 2.27. The minimum Gasteiger partial charge on any atom is -0.324 e. The van der Waals surface area contributed by atoms with Crippen LogP contribution in [0.5, 0.6) is 0 Å². The van der Waals surface area contributed by atoms with E-state index < -0.39 is 29.2 Å². The Kier molecular flexibility index (Phi) is 4.43. The highest BCUT2D eigenvalue weighted by Gasteiger charge is 2.37. The molecule has 0 saturated heterocycles. The molecule has 1 N–H and O–H groups in total. The molecule has 3 amide bonds. The summed E-state index contributed by atoms with van der Waals surface area (Å²) in [5.74, 6) is -1.97. The van der Waals surface area contributed by atoms with Crippen molar-refractivity contribution in [3.63, 3.8) is 0 Å². The molecule has 0 aromatic heterocycles. The minimum absolute atomic E-state index is 0.0380. The van der Waals surface area contributed by atoms with Gasteiger partial charge in [0.15, 0.2) is 0 Å². The first-order chi connectivity index (χ1) is 12.3. The lowest BCUT2D eigenvalue weighted by Crippen LogP contribution is -2.37. The summed E-state index contributed by atoms with van der Waals surface area (Å²) < 4.78 is 0. The van der Waals surface area contributed by atoms with Crippen LogP contribution in [0.4, 0.5) is 11.4 Å². The van der Waals surface area contributed by atoms with Crippen LogP contribution in [0.3, 0.4) is 0 Å². The maximum absolute atomic E-state index is 12.4. The van der Waals surface area contributed by atoms with Crippen LogP contribution >= 0.6 is 11.6 Å². The zero-order valence-corrected chi connectivity index (χ0v) is 14.2. The maximum atomic E-state index is 12.4. The number of hydrogen-bond acceptors (Lipinski definition) is 5. The second-order valence-corrected chi connectivity index (χ2v) is 6.13. The van der Waals surface area contributed by atoms with E-state index in [1.165, 1.54) is 6.07 Å². The van der Waals surface area contributed by atoms with Gasteiger partial charge in [0.2, 0.25) is 5.91 Å². The number of carbonyl (C=O) groups is 3. The van der Waals surface area contributed by atoms with Gasteiger partial charge in [-0.2, -0.15) is 0 Å². The van der Waals surface area contributed by atoms with E-state index in [1.807, 2.05) is 0 Å². The normalized spacial score (nSPS) is 12.9. The lowest BCUT2D eigenvalue weighted by atomic mass is 10.1. The van der Waals surface area contributed by atoms with Crippen molar-refractivity contribution in [2.45, 2.75) is 6.92 Å². The van der Waals surface area contributed by atoms with E-state index in [0.29, 0.717) is 10.7 Å². The van der Waals surface area contributed by atoms with E-state index in [2.05, 4.69) is 5.32 Å². The van der Waals surface area contributed by atoms with Gasteiger partial charge in [0.1, 0.15) is 6.54 Å². The fourth-order valence-electron chi connectivity index (χ4n) is 2.64. The lowest BCUT2D eigenvalue weighted by molar-refractivity contribution is -0.384. The molecule has 0 atom stereocenters. The van der Waals surface area contributed by atoms with Crippen molar-refractivity contribution < 1.29 is 19.3 Å². The number of aryl methyl sites for hydroxylation is 1. The number of nitrogens with one attached hydrogen (secondary N) is 1. The van der Waals surface area contributed by atoms with Gasteiger partial charge in [0.05, 0.1) is 16.1 Å². The number of fused-ring (bicyclic) bond motifs is 1. The van der Waals surface area contributed by atoms with Crippen molar-refractivity contribution in [2.24, 2.45) is 0 Å². The van der Waals surface area contributed by atoms with Crippen molar-refractivity contribution in [1.29, 1.82) is 0 Å². The molecule has 1 heterocycles. The molecule has 0 unspecified atom stereocenters. The quantitative estimate of drug-likeness (QED) is 0.503. The van der Waals surface area contributed by atoms with Gasteiger partial charge in [-0.1, -0.05) is 11.6 Å². The summed E-state index contributed by atoms with van der Waals surface area (Å²) in [4.78, 5) is 47.8. The Balaban J connectivity index is 1.78. The second kappa shape index (κ2) is 6.57. The topological polar surface area (TPSA) is 110 Å². The smallest absolute Gasteiger partial charge is 0.270 e. The maximum Gasteiger partial charge on any atom is 0.270 e. The third-order valence-electron chi connectivity index (χ3n) is 3.93. The molecular formula is C17H12ClN3O5. The Bertz CT molecular complexity index is 973. The van der Waals surface area contributed by atoms with Gasteiger partial charge in [-0.15, -0.1) is 0 Å². The number of nitrogens with zero attached hydrogens (tertiary/aromatic N) is 2. The number of anilines is 1. The van der Waals surface area contributed by atoms with Crippen molar-refractivity contribution in [3.05, 3.63) is 68.2 Å². The van der Waals surface area contributed by atoms with Crippen LogP contribution in [0.25, 0.3) is 0 Å². The van der Waals surface area contributed by atoms with E-state index in [1.54, 1.807) is 25.1 Å². The van der Waals surface area contributed by atoms with Gasteiger partial charge in [-0.25, -0.2) is 0 Å². The number of amides is 3. The molecule has 0 aliphatic carbocycles. The molecule has 0 spiro atoms. The fraction of sp³-hybridized carbons (Fsp3) is 0.118. The number of carbonyl (C=O) groups excluding carboxylic acids is 3. The molecule has 2 aromatic carbocycles. The molecule has 0 fully saturated rings. The first kappa shape index (κ1) is 17.6. The van der Waals surface area contributed by atoms with Gasteiger partial charge in [-0.05, 0) is 36.8 Å². The SMILES string of the molecule is Cc1cc(Cl)ccc1NC(=O)CN1C(=O)c2ccc([N+](=O)[O-])cc2C1=O. The fourth-order valence-corrected chi connectivity index (χ4v) is 2.86. The van der Waals surface area contributed by atoms with Crippen molar-refractivity contribution in [3.8, 4) is 0 Å². The Morgan fingerprint density at radius 3 is 2.50 bits per heavy atom. The summed E-state index contributed by atoms with van der Waals surface area (Å²) in [5, 5.41) is 14.0. The zero-order chi connectivity index (χ0) is 19.0. The van der Waals surface area contributed by atoms with Crippen LogP contribution < -0.4 is 5.32 Å². The van der Waals surface area contributed by atoms with Gasteiger partial charge >= 0.3 is 0 Å². The highest BCUT2D eigenvalue weighted by molar-refractivity contribution is 6.30. The first-order valence-corrected chi connectivity index (χ1v) is 7.86. The average Bonchev–Trinajstić information content (AvgIpc) is 2.82. The molecule has 1 aliphatic heterocycles. The molecule has 3 rings (SSSR count). The highest BCUT2D eigenvalue weighted by atomic mass is 35.5. The van der Waals surface area contributed by atoms with Gasteiger partial charge < -0.3 is 5.32 Å². The van der Waals surface area contributed by atoms with E-state index >= 15 is 0 Å². The minimum atomic E-state index is -0.739. The number of benzene rings is 2. The number of halogens is 1. The molecular weight excluding hydrogens is 362 g/mol. The summed E-state index contributed by atoms with van der Waals surface area (Å²) in [5.41, 5.74) is 0.888. The third-order valence-corrected chi connectivity index (χ3v) is 4.16. The van der Waals surface area contributed by atoms with Crippen LogP contribution in [-0.2, 0) is 4.79 Å². The van der Waals surface area contributed by atoms with Crippen molar-refractivity contribution >= 4 is 40.7 Å². The van der Waals surface area contributed by atoms with Crippen LogP contribution in [0.1, 0.15) is 26.3 Å². The van der Waals surface area contributed by atoms with E-state index in [-0.39, 0.29) is 16.8 Å². The van der Waals surface area contributed by atoms with Crippen molar-refractivity contribution in [2.75, 3.05) is 11.9 Å². The number of nitro groups is 1. The third kappa shape index (κ3) is 3.14. The monoisotopic (exact) mass is 373 g/mol. The average molecular weight is 374 g/mol. The van der Waals surface area contributed by atoms with E-state index in [0.717, 1.165) is 22.6 Å². The second-order valence-electron chi connectivity index (χ2n) is 5.69. The van der Waals surface area contributed by atoms with Gasteiger partial charge in [0, 0.05) is 22.8 Å². The summed E-state index contributed by atoms with van der Waals surface area (Å²) in [6, 6.07) is 8.28. The molecule has 26 heavy (non-hydrogen) atoms. The Morgan fingerprint density at radius 1 is 1.15 bits per heavy atom. The van der Waals surface area contributed by atoms with Crippen LogP contribution in [-0.4, -0.2) is 34.1 Å². The molecule has 1 aliphatic rings. The predicted molar refractivity (Wildman–Crippen MR) is 93.3 cm³/mol.